The minimum Gasteiger partial charge on any atom is -0.494 e. The average Bonchev–Trinajstić information content (AvgIpc) is 2.36. The van der Waals surface area contributed by atoms with E-state index in [1.165, 1.54) is 18.4 Å². The highest BCUT2D eigenvalue weighted by Gasteiger charge is 1.97. The van der Waals surface area contributed by atoms with Crippen LogP contribution in [0.3, 0.4) is 0 Å². The van der Waals surface area contributed by atoms with Crippen molar-refractivity contribution in [3.63, 3.8) is 0 Å². The van der Waals surface area contributed by atoms with Crippen LogP contribution in [0.5, 0.6) is 5.75 Å². The summed E-state index contributed by atoms with van der Waals surface area (Å²) in [7, 11) is 0. The minimum atomic E-state index is 0.827. The molecule has 17 heavy (non-hydrogen) atoms. The van der Waals surface area contributed by atoms with Crippen LogP contribution in [0.25, 0.3) is 0 Å². The van der Waals surface area contributed by atoms with Crippen molar-refractivity contribution in [2.45, 2.75) is 39.5 Å². The average molecular weight is 235 g/mol. The molecular weight excluding hydrogens is 210 g/mol. The van der Waals surface area contributed by atoms with Crippen molar-refractivity contribution in [1.29, 1.82) is 0 Å². The summed E-state index contributed by atoms with van der Waals surface area (Å²) in [5, 5.41) is 3.41. The van der Waals surface area contributed by atoms with Crippen LogP contribution in [0.1, 0.15) is 38.7 Å². The second-order valence-corrected chi connectivity index (χ2v) is 4.35. The van der Waals surface area contributed by atoms with Crippen LogP contribution in [0.2, 0.25) is 0 Å². The van der Waals surface area contributed by atoms with Crippen molar-refractivity contribution in [1.82, 2.24) is 5.32 Å². The number of hydrogen-bond acceptors (Lipinski definition) is 2. The Labute approximate surface area is 105 Å². The maximum absolute atomic E-state index is 5.69. The summed E-state index contributed by atoms with van der Waals surface area (Å²) >= 11 is 0. The molecule has 0 saturated carbocycles. The monoisotopic (exact) mass is 235 g/mol. The fourth-order valence-electron chi connectivity index (χ4n) is 1.66. The van der Waals surface area contributed by atoms with E-state index >= 15 is 0 Å². The van der Waals surface area contributed by atoms with Gasteiger partial charge >= 0.3 is 0 Å². The molecule has 0 atom stereocenters. The van der Waals surface area contributed by atoms with E-state index in [0.717, 1.165) is 38.3 Å². The summed E-state index contributed by atoms with van der Waals surface area (Å²) in [5.41, 5.74) is 1.35. The normalized spacial score (nSPS) is 10.5. The molecule has 0 aromatic heterocycles. The van der Waals surface area contributed by atoms with Gasteiger partial charge in [0.2, 0.25) is 0 Å². The Morgan fingerprint density at radius 3 is 2.76 bits per heavy atom. The first-order chi connectivity index (χ1) is 8.36. The number of hydrogen-bond donors (Lipinski definition) is 1. The molecule has 0 unspecified atom stereocenters. The molecule has 0 radical (unpaired) electrons. The van der Waals surface area contributed by atoms with E-state index < -0.39 is 0 Å². The van der Waals surface area contributed by atoms with Crippen molar-refractivity contribution in [2.24, 2.45) is 0 Å². The lowest BCUT2D eigenvalue weighted by atomic mass is 10.1. The topological polar surface area (TPSA) is 21.3 Å². The van der Waals surface area contributed by atoms with Crippen LogP contribution >= 0.6 is 0 Å². The summed E-state index contributed by atoms with van der Waals surface area (Å²) in [6.45, 7) is 7.35. The van der Waals surface area contributed by atoms with Crippen molar-refractivity contribution >= 4 is 0 Å². The molecule has 0 heterocycles. The van der Waals surface area contributed by atoms with Crippen LogP contribution in [-0.4, -0.2) is 19.7 Å². The van der Waals surface area contributed by atoms with Gasteiger partial charge in [0.15, 0.2) is 0 Å². The maximum Gasteiger partial charge on any atom is 0.119 e. The molecule has 2 nitrogen and oxygen atoms in total. The summed E-state index contributed by atoms with van der Waals surface area (Å²) in [6.07, 6.45) is 4.58. The molecule has 1 N–H and O–H groups in total. The van der Waals surface area contributed by atoms with Gasteiger partial charge in [-0.2, -0.15) is 0 Å². The molecule has 2 heteroatoms. The Morgan fingerprint density at radius 1 is 1.12 bits per heavy atom. The van der Waals surface area contributed by atoms with Gasteiger partial charge in [0.25, 0.3) is 0 Å². The fourth-order valence-corrected chi connectivity index (χ4v) is 1.66. The third kappa shape index (κ3) is 6.32. The Morgan fingerprint density at radius 2 is 2.00 bits per heavy atom. The molecule has 1 aromatic rings. The van der Waals surface area contributed by atoms with Gasteiger partial charge in [-0.1, -0.05) is 32.4 Å². The van der Waals surface area contributed by atoms with Gasteiger partial charge < -0.3 is 10.1 Å². The lowest BCUT2D eigenvalue weighted by molar-refractivity contribution is 0.309. The lowest BCUT2D eigenvalue weighted by Gasteiger charge is -2.08. The second-order valence-electron chi connectivity index (χ2n) is 4.35. The van der Waals surface area contributed by atoms with Crippen molar-refractivity contribution in [3.8, 4) is 5.75 Å². The highest BCUT2D eigenvalue weighted by molar-refractivity contribution is 5.28. The molecule has 1 rings (SSSR count). The zero-order valence-corrected chi connectivity index (χ0v) is 11.2. The Bertz CT molecular complexity index is 299. The van der Waals surface area contributed by atoms with E-state index in [2.05, 4.69) is 37.4 Å². The first-order valence-electron chi connectivity index (χ1n) is 6.79. The van der Waals surface area contributed by atoms with Crippen molar-refractivity contribution < 1.29 is 4.74 Å². The Kier molecular flexibility index (Phi) is 7.48. The summed E-state index contributed by atoms with van der Waals surface area (Å²) in [5.74, 6) is 1.01. The predicted octanol–water partition coefficient (Wildman–Crippen LogP) is 3.41. The molecular formula is C15H25NO. The molecule has 0 bridgehead atoms. The molecule has 0 aliphatic rings. The fraction of sp³-hybridized carbons (Fsp3) is 0.600. The van der Waals surface area contributed by atoms with Gasteiger partial charge in [0.05, 0.1) is 6.61 Å². The van der Waals surface area contributed by atoms with Crippen molar-refractivity contribution in [3.05, 3.63) is 29.8 Å². The van der Waals surface area contributed by atoms with Crippen LogP contribution in [0.15, 0.2) is 24.3 Å². The van der Waals surface area contributed by atoms with Crippen LogP contribution in [-0.2, 0) is 6.42 Å². The molecule has 0 aliphatic carbocycles. The van der Waals surface area contributed by atoms with E-state index in [4.69, 9.17) is 4.74 Å². The van der Waals surface area contributed by atoms with E-state index in [9.17, 15) is 0 Å². The van der Waals surface area contributed by atoms with Crippen LogP contribution in [0.4, 0.5) is 0 Å². The minimum absolute atomic E-state index is 0.827. The summed E-state index contributed by atoms with van der Waals surface area (Å²) in [4.78, 5) is 0. The maximum atomic E-state index is 5.69. The predicted molar refractivity (Wildman–Crippen MR) is 73.7 cm³/mol. The van der Waals surface area contributed by atoms with E-state index in [1.54, 1.807) is 0 Å². The number of ether oxygens (including phenoxy) is 1. The van der Waals surface area contributed by atoms with Gasteiger partial charge in [-0.3, -0.25) is 0 Å². The highest BCUT2D eigenvalue weighted by atomic mass is 16.5. The van der Waals surface area contributed by atoms with Crippen LogP contribution < -0.4 is 10.1 Å². The molecule has 0 amide bonds. The second kappa shape index (κ2) is 9.06. The highest BCUT2D eigenvalue weighted by Crippen LogP contribution is 2.14. The molecule has 1 aromatic carbocycles. The number of nitrogens with one attached hydrogen (secondary N) is 1. The number of benzene rings is 1. The number of rotatable bonds is 9. The Hall–Kier alpha value is -1.02. The molecule has 0 spiro atoms. The smallest absolute Gasteiger partial charge is 0.119 e. The number of unbranched alkanes of at least 4 members (excludes halogenated alkanes) is 1. The van der Waals surface area contributed by atoms with Crippen molar-refractivity contribution in [2.75, 3.05) is 19.7 Å². The summed E-state index contributed by atoms with van der Waals surface area (Å²) in [6, 6.07) is 8.44. The molecule has 0 aliphatic heterocycles. The van der Waals surface area contributed by atoms with E-state index in [0.29, 0.717) is 0 Å². The Balaban J connectivity index is 2.31. The van der Waals surface area contributed by atoms with Gasteiger partial charge in [-0.05, 0) is 50.0 Å². The largest absolute Gasteiger partial charge is 0.494 e. The zero-order chi connectivity index (χ0) is 12.3. The third-order valence-electron chi connectivity index (χ3n) is 2.68. The lowest BCUT2D eigenvalue weighted by Crippen LogP contribution is -2.17. The van der Waals surface area contributed by atoms with E-state index in [1.807, 2.05) is 6.07 Å². The quantitative estimate of drug-likeness (QED) is 0.662. The van der Waals surface area contributed by atoms with Gasteiger partial charge in [-0.25, -0.2) is 0 Å². The first-order valence-corrected chi connectivity index (χ1v) is 6.79. The van der Waals surface area contributed by atoms with Gasteiger partial charge in [0.1, 0.15) is 5.75 Å². The SMILES string of the molecule is CCCCOc1cccc(CCNCCC)c1. The third-order valence-corrected chi connectivity index (χ3v) is 2.68. The standard InChI is InChI=1S/C15H25NO/c1-3-5-12-17-15-8-6-7-14(13-15)9-11-16-10-4-2/h6-8,13,16H,3-5,9-12H2,1-2H3. The zero-order valence-electron chi connectivity index (χ0n) is 11.2. The van der Waals surface area contributed by atoms with E-state index in [-0.39, 0.29) is 0 Å². The molecule has 0 fully saturated rings. The molecule has 0 saturated heterocycles. The van der Waals surface area contributed by atoms with Crippen LogP contribution in [0, 0.1) is 0 Å². The van der Waals surface area contributed by atoms with Gasteiger partial charge in [0, 0.05) is 0 Å². The molecule has 96 valence electrons. The van der Waals surface area contributed by atoms with Gasteiger partial charge in [-0.15, -0.1) is 0 Å². The first kappa shape index (κ1) is 14.0. The summed E-state index contributed by atoms with van der Waals surface area (Å²) < 4.78 is 5.69.